The number of rotatable bonds is 7. The number of nitrogens with zero attached hydrogens (tertiary/aromatic N) is 1. The summed E-state index contributed by atoms with van der Waals surface area (Å²) in [6.07, 6.45) is 3.25. The van der Waals surface area contributed by atoms with Crippen LogP contribution in [-0.2, 0) is 14.9 Å². The van der Waals surface area contributed by atoms with E-state index in [0.717, 1.165) is 19.3 Å². The van der Waals surface area contributed by atoms with Gasteiger partial charge in [0.25, 0.3) is 0 Å². The number of carbonyl (C=O) groups excluding carboxylic acids is 1. The molecule has 0 aliphatic heterocycles. The second-order valence-electron chi connectivity index (χ2n) is 3.53. The summed E-state index contributed by atoms with van der Waals surface area (Å²) >= 11 is 0. The van der Waals surface area contributed by atoms with Crippen LogP contribution in [-0.4, -0.2) is 43.1 Å². The van der Waals surface area contributed by atoms with Crippen LogP contribution in [0, 0.1) is 0 Å². The molecule has 0 aromatic heterocycles. The summed E-state index contributed by atoms with van der Waals surface area (Å²) in [6.45, 7) is 2.02. The van der Waals surface area contributed by atoms with E-state index in [1.54, 1.807) is 0 Å². The zero-order chi connectivity index (χ0) is 11.9. The molecule has 16 heavy (non-hydrogen) atoms. The van der Waals surface area contributed by atoms with Crippen molar-refractivity contribution < 1.29 is 47.3 Å². The Hall–Kier alpha value is 0.380. The van der Waals surface area contributed by atoms with E-state index < -0.39 is 15.9 Å². The maximum absolute atomic E-state index is 11.4. The van der Waals surface area contributed by atoms with Crippen LogP contribution in [0.1, 0.15) is 32.6 Å². The first-order valence-electron chi connectivity index (χ1n) is 5.04. The number of carbonyl (C=O) groups is 1. The summed E-state index contributed by atoms with van der Waals surface area (Å²) in [5, 5.41) is 0. The van der Waals surface area contributed by atoms with Crippen LogP contribution >= 0.6 is 0 Å². The Morgan fingerprint density at radius 1 is 1.31 bits per heavy atom. The third-order valence-corrected chi connectivity index (χ3v) is 2.78. The maximum Gasteiger partial charge on any atom is 1.00 e. The standard InChI is InChI=1S/C9H19NO4S.Na/c1-3-4-5-6-9(11)10(2)7-8-15(12,13)14;/h3-8H2,1-2H3,(H,12,13,14);/q;+1/p-1. The van der Waals surface area contributed by atoms with E-state index in [1.165, 1.54) is 11.9 Å². The van der Waals surface area contributed by atoms with Crippen LogP contribution in [0.25, 0.3) is 0 Å². The number of unbranched alkanes of at least 4 members (excludes halogenated alkanes) is 2. The van der Waals surface area contributed by atoms with Gasteiger partial charge in [0.15, 0.2) is 0 Å². The van der Waals surface area contributed by atoms with E-state index in [4.69, 9.17) is 0 Å². The molecule has 90 valence electrons. The van der Waals surface area contributed by atoms with Gasteiger partial charge in [0.1, 0.15) is 0 Å². The van der Waals surface area contributed by atoms with Gasteiger partial charge in [-0.25, -0.2) is 8.42 Å². The topological polar surface area (TPSA) is 77.5 Å². The monoisotopic (exact) mass is 259 g/mol. The fourth-order valence-corrected chi connectivity index (χ4v) is 1.59. The van der Waals surface area contributed by atoms with Crippen LogP contribution < -0.4 is 29.6 Å². The Bertz CT molecular complexity index is 292. The van der Waals surface area contributed by atoms with Gasteiger partial charge in [0, 0.05) is 20.0 Å². The molecule has 0 bridgehead atoms. The molecule has 0 fully saturated rings. The zero-order valence-corrected chi connectivity index (χ0v) is 13.0. The fraction of sp³-hybridized carbons (Fsp3) is 0.889. The van der Waals surface area contributed by atoms with Crippen molar-refractivity contribution in [2.75, 3.05) is 19.3 Å². The molecule has 0 heterocycles. The van der Waals surface area contributed by atoms with Gasteiger partial charge in [-0.1, -0.05) is 19.8 Å². The molecule has 0 aliphatic carbocycles. The van der Waals surface area contributed by atoms with E-state index >= 15 is 0 Å². The molecule has 0 spiro atoms. The van der Waals surface area contributed by atoms with Crippen molar-refractivity contribution in [3.63, 3.8) is 0 Å². The van der Waals surface area contributed by atoms with Crippen LogP contribution in [0.15, 0.2) is 0 Å². The van der Waals surface area contributed by atoms with Crippen LogP contribution in [0.2, 0.25) is 0 Å². The van der Waals surface area contributed by atoms with Gasteiger partial charge in [-0.15, -0.1) is 0 Å². The Balaban J connectivity index is 0. The molecule has 0 radical (unpaired) electrons. The van der Waals surface area contributed by atoms with Crippen LogP contribution in [0.5, 0.6) is 0 Å². The summed E-state index contributed by atoms with van der Waals surface area (Å²) < 4.78 is 31.0. The predicted octanol–water partition coefficient (Wildman–Crippen LogP) is -2.43. The van der Waals surface area contributed by atoms with Crippen LogP contribution in [0.4, 0.5) is 0 Å². The van der Waals surface area contributed by atoms with Gasteiger partial charge in [0.2, 0.25) is 5.91 Å². The van der Waals surface area contributed by atoms with Gasteiger partial charge in [-0.3, -0.25) is 4.79 Å². The van der Waals surface area contributed by atoms with Gasteiger partial charge < -0.3 is 9.45 Å². The second kappa shape index (κ2) is 9.41. The summed E-state index contributed by atoms with van der Waals surface area (Å²) in [6, 6.07) is 0. The van der Waals surface area contributed by atoms with Crippen molar-refractivity contribution in [3.8, 4) is 0 Å². The molecule has 0 aromatic carbocycles. The Labute approximate surface area is 120 Å². The largest absolute Gasteiger partial charge is 1.00 e. The van der Waals surface area contributed by atoms with E-state index in [2.05, 4.69) is 0 Å². The number of hydrogen-bond acceptors (Lipinski definition) is 4. The molecule has 5 nitrogen and oxygen atoms in total. The third-order valence-electron chi connectivity index (χ3n) is 2.10. The van der Waals surface area contributed by atoms with Gasteiger partial charge >= 0.3 is 29.6 Å². The Morgan fingerprint density at radius 3 is 2.31 bits per heavy atom. The first-order chi connectivity index (χ1) is 6.87. The molecular weight excluding hydrogens is 241 g/mol. The average Bonchev–Trinajstić information content (AvgIpc) is 2.13. The van der Waals surface area contributed by atoms with Gasteiger partial charge in [0.05, 0.1) is 15.9 Å². The molecule has 0 saturated heterocycles. The van der Waals surface area contributed by atoms with E-state index in [1.807, 2.05) is 6.92 Å². The minimum absolute atomic E-state index is 0. The van der Waals surface area contributed by atoms with Crippen molar-refractivity contribution in [2.45, 2.75) is 32.6 Å². The summed E-state index contributed by atoms with van der Waals surface area (Å²) in [5.41, 5.74) is 0. The molecule has 0 aliphatic rings. The average molecular weight is 259 g/mol. The minimum atomic E-state index is -4.22. The summed E-state index contributed by atoms with van der Waals surface area (Å²) in [7, 11) is -2.71. The molecule has 0 saturated carbocycles. The Kier molecular flexibility index (Phi) is 11.0. The van der Waals surface area contributed by atoms with Crippen LogP contribution in [0.3, 0.4) is 0 Å². The molecule has 7 heteroatoms. The predicted molar refractivity (Wildman–Crippen MR) is 56.3 cm³/mol. The van der Waals surface area contributed by atoms with Crippen molar-refractivity contribution in [2.24, 2.45) is 0 Å². The minimum Gasteiger partial charge on any atom is -0.748 e. The third kappa shape index (κ3) is 10.9. The molecule has 0 rings (SSSR count). The molecule has 0 atom stereocenters. The molecule has 0 N–H and O–H groups in total. The first kappa shape index (κ1) is 18.7. The summed E-state index contributed by atoms with van der Waals surface area (Å²) in [5.74, 6) is -0.615. The van der Waals surface area contributed by atoms with Crippen molar-refractivity contribution in [1.29, 1.82) is 0 Å². The molecular formula is C9H18NNaO4S. The molecule has 0 unspecified atom stereocenters. The summed E-state index contributed by atoms with van der Waals surface area (Å²) in [4.78, 5) is 12.7. The zero-order valence-electron chi connectivity index (χ0n) is 10.2. The molecule has 0 aromatic rings. The van der Waals surface area contributed by atoms with E-state index in [0.29, 0.717) is 6.42 Å². The van der Waals surface area contributed by atoms with Gasteiger partial charge in [-0.05, 0) is 6.42 Å². The molecule has 1 amide bonds. The second-order valence-corrected chi connectivity index (χ2v) is 5.06. The SMILES string of the molecule is CCCCCC(=O)N(C)CCS(=O)(=O)[O-].[Na+]. The van der Waals surface area contributed by atoms with Crippen molar-refractivity contribution >= 4 is 16.0 Å². The van der Waals surface area contributed by atoms with Crippen molar-refractivity contribution in [1.82, 2.24) is 4.90 Å². The van der Waals surface area contributed by atoms with Crippen molar-refractivity contribution in [3.05, 3.63) is 0 Å². The normalized spacial score (nSPS) is 10.7. The maximum atomic E-state index is 11.4. The first-order valence-corrected chi connectivity index (χ1v) is 6.62. The fourth-order valence-electron chi connectivity index (χ4n) is 1.09. The van der Waals surface area contributed by atoms with E-state index in [9.17, 15) is 17.8 Å². The number of amides is 1. The smallest absolute Gasteiger partial charge is 0.748 e. The number of hydrogen-bond donors (Lipinski definition) is 0. The van der Waals surface area contributed by atoms with Gasteiger partial charge in [-0.2, -0.15) is 0 Å². The Morgan fingerprint density at radius 2 is 1.88 bits per heavy atom. The van der Waals surface area contributed by atoms with E-state index in [-0.39, 0.29) is 42.0 Å². The quantitative estimate of drug-likeness (QED) is 0.289.